The maximum Gasteiger partial charge on any atom is 0.246 e. The lowest BCUT2D eigenvalue weighted by molar-refractivity contribution is -0.112. The molecule has 0 bridgehead atoms. The molecule has 11 heavy (non-hydrogen) atoms. The van der Waals surface area contributed by atoms with Crippen LogP contribution in [-0.2, 0) is 4.79 Å². The molecule has 0 aromatic rings. The zero-order chi connectivity index (χ0) is 7.90. The van der Waals surface area contributed by atoms with Gasteiger partial charge in [0, 0.05) is 0 Å². The third-order valence-corrected chi connectivity index (χ3v) is 3.20. The second kappa shape index (κ2) is 2.23. The van der Waals surface area contributed by atoms with E-state index in [2.05, 4.69) is 5.32 Å². The quantitative estimate of drug-likeness (QED) is 0.569. The molecule has 0 unspecified atom stereocenters. The summed E-state index contributed by atoms with van der Waals surface area (Å²) in [5.74, 6) is 0.896. The topological polar surface area (TPSA) is 39.0 Å². The summed E-state index contributed by atoms with van der Waals surface area (Å²) in [7, 11) is 0. The number of hydrogen-bond donors (Lipinski definition) is 1. The van der Waals surface area contributed by atoms with Crippen LogP contribution in [0.3, 0.4) is 0 Å². The molecule has 2 fully saturated rings. The molecule has 1 atom stereocenters. The molecular formula is C9H15NO. The van der Waals surface area contributed by atoms with Gasteiger partial charge in [-0.25, -0.2) is 0 Å². The van der Waals surface area contributed by atoms with E-state index in [-0.39, 0.29) is 11.4 Å². The van der Waals surface area contributed by atoms with Crippen molar-refractivity contribution >= 4 is 5.91 Å². The molecule has 1 heterocycles. The van der Waals surface area contributed by atoms with E-state index in [9.17, 15) is 4.79 Å². The minimum atomic E-state index is -0.111. The van der Waals surface area contributed by atoms with Crippen LogP contribution in [0.15, 0.2) is 0 Å². The van der Waals surface area contributed by atoms with Crippen molar-refractivity contribution in [3.63, 3.8) is 0 Å². The fraction of sp³-hybridized carbons (Fsp3) is 0.889. The van der Waals surface area contributed by atoms with Gasteiger partial charge in [-0.15, -0.1) is 0 Å². The van der Waals surface area contributed by atoms with Gasteiger partial charge < -0.3 is 5.32 Å². The Kier molecular flexibility index (Phi) is 1.44. The Morgan fingerprint density at radius 2 is 1.91 bits per heavy atom. The van der Waals surface area contributed by atoms with E-state index in [1.165, 1.54) is 32.1 Å². The Morgan fingerprint density at radius 3 is 2.36 bits per heavy atom. The third-order valence-electron chi connectivity index (χ3n) is 3.20. The second-order valence-corrected chi connectivity index (χ2v) is 3.99. The fourth-order valence-electron chi connectivity index (χ4n) is 2.17. The summed E-state index contributed by atoms with van der Waals surface area (Å²) in [6.07, 6.45) is 6.48. The van der Waals surface area contributed by atoms with Crippen molar-refractivity contribution in [3.8, 4) is 0 Å². The van der Waals surface area contributed by atoms with E-state index < -0.39 is 0 Å². The Morgan fingerprint density at radius 1 is 1.36 bits per heavy atom. The molecule has 1 N–H and O–H groups in total. The van der Waals surface area contributed by atoms with E-state index in [0.29, 0.717) is 5.92 Å². The van der Waals surface area contributed by atoms with Crippen LogP contribution in [0.5, 0.6) is 0 Å². The first-order chi connectivity index (χ1) is 5.23. The average molecular weight is 153 g/mol. The summed E-state index contributed by atoms with van der Waals surface area (Å²) >= 11 is 0. The fourth-order valence-corrected chi connectivity index (χ4v) is 2.17. The van der Waals surface area contributed by atoms with Gasteiger partial charge in [0.25, 0.3) is 0 Å². The highest BCUT2D eigenvalue weighted by Gasteiger charge is 2.54. The van der Waals surface area contributed by atoms with Crippen molar-refractivity contribution in [1.82, 2.24) is 5.32 Å². The summed E-state index contributed by atoms with van der Waals surface area (Å²) in [5, 5.41) is 2.94. The molecule has 0 aromatic carbocycles. The van der Waals surface area contributed by atoms with Gasteiger partial charge in [0.15, 0.2) is 0 Å². The summed E-state index contributed by atoms with van der Waals surface area (Å²) in [6, 6.07) is 0. The van der Waals surface area contributed by atoms with Crippen LogP contribution in [0.4, 0.5) is 0 Å². The minimum absolute atomic E-state index is 0.111. The Hall–Kier alpha value is -0.530. The number of carbonyl (C=O) groups is 1. The van der Waals surface area contributed by atoms with Crippen molar-refractivity contribution in [2.75, 3.05) is 0 Å². The van der Waals surface area contributed by atoms with Crippen LogP contribution < -0.4 is 5.32 Å². The second-order valence-electron chi connectivity index (χ2n) is 3.99. The Balaban J connectivity index is 1.99. The molecule has 2 rings (SSSR count). The lowest BCUT2D eigenvalue weighted by atomic mass is 9.80. The maximum atomic E-state index is 11.0. The van der Waals surface area contributed by atoms with Crippen LogP contribution in [0.1, 0.15) is 39.0 Å². The van der Waals surface area contributed by atoms with Gasteiger partial charge in [-0.2, -0.15) is 0 Å². The van der Waals surface area contributed by atoms with Crippen molar-refractivity contribution in [1.29, 1.82) is 0 Å². The summed E-state index contributed by atoms with van der Waals surface area (Å²) in [5.41, 5.74) is -0.111. The molecular weight excluding hydrogens is 138 g/mol. The van der Waals surface area contributed by atoms with Crippen LogP contribution in [-0.4, -0.2) is 11.4 Å². The van der Waals surface area contributed by atoms with Crippen LogP contribution >= 0.6 is 0 Å². The first-order valence-electron chi connectivity index (χ1n) is 4.56. The highest BCUT2D eigenvalue weighted by Crippen LogP contribution is 2.38. The molecule has 1 aliphatic carbocycles. The summed E-state index contributed by atoms with van der Waals surface area (Å²) in [6.45, 7) is 2.05. The monoisotopic (exact) mass is 153 g/mol. The van der Waals surface area contributed by atoms with Crippen LogP contribution in [0.25, 0.3) is 0 Å². The Bertz CT molecular complexity index is 184. The normalized spacial score (nSPS) is 38.5. The molecule has 2 aliphatic rings. The molecule has 0 spiro atoms. The molecule has 2 heteroatoms. The zero-order valence-corrected chi connectivity index (χ0v) is 7.02. The van der Waals surface area contributed by atoms with E-state index >= 15 is 0 Å². The van der Waals surface area contributed by atoms with Gasteiger partial charge in [0.1, 0.15) is 5.54 Å². The molecule has 1 aliphatic heterocycles. The Labute approximate surface area is 67.4 Å². The summed E-state index contributed by atoms with van der Waals surface area (Å²) < 4.78 is 0. The van der Waals surface area contributed by atoms with Gasteiger partial charge in [-0.05, 0) is 25.7 Å². The summed E-state index contributed by atoms with van der Waals surface area (Å²) in [4.78, 5) is 11.0. The molecule has 0 radical (unpaired) electrons. The van der Waals surface area contributed by atoms with Crippen molar-refractivity contribution in [2.45, 2.75) is 44.6 Å². The van der Waals surface area contributed by atoms with Crippen molar-refractivity contribution < 1.29 is 4.79 Å². The first kappa shape index (κ1) is 7.14. The number of carbonyl (C=O) groups excluding carboxylic acids is 1. The highest BCUT2D eigenvalue weighted by molar-refractivity contribution is 6.01. The first-order valence-corrected chi connectivity index (χ1v) is 4.56. The van der Waals surface area contributed by atoms with Gasteiger partial charge >= 0.3 is 0 Å². The molecule has 2 nitrogen and oxygen atoms in total. The third kappa shape index (κ3) is 1.05. The molecule has 1 amide bonds. The minimum Gasteiger partial charge on any atom is -0.340 e. The standard InChI is InChI=1S/C9H15NO/c1-9(8(11)10-9)7-5-3-2-4-6-7/h7H,2-6H2,1H3,(H,10,11)/t9-/m1/s1. The lowest BCUT2D eigenvalue weighted by Gasteiger charge is -2.24. The maximum absolute atomic E-state index is 11.0. The van der Waals surface area contributed by atoms with E-state index in [1.54, 1.807) is 0 Å². The van der Waals surface area contributed by atoms with Crippen LogP contribution in [0, 0.1) is 5.92 Å². The number of amides is 1. The molecule has 62 valence electrons. The SMILES string of the molecule is C[C@]1(C2CCCCC2)NC1=O. The highest BCUT2D eigenvalue weighted by atomic mass is 16.2. The van der Waals surface area contributed by atoms with Gasteiger partial charge in [0.2, 0.25) is 5.91 Å². The van der Waals surface area contributed by atoms with Crippen LogP contribution in [0.2, 0.25) is 0 Å². The van der Waals surface area contributed by atoms with E-state index in [0.717, 1.165) is 0 Å². The number of rotatable bonds is 1. The predicted molar refractivity (Wildman–Crippen MR) is 43.1 cm³/mol. The van der Waals surface area contributed by atoms with E-state index in [1.807, 2.05) is 6.92 Å². The molecule has 1 saturated heterocycles. The van der Waals surface area contributed by atoms with Crippen molar-refractivity contribution in [2.24, 2.45) is 5.92 Å². The smallest absolute Gasteiger partial charge is 0.246 e. The average Bonchev–Trinajstić information content (AvgIpc) is 2.64. The van der Waals surface area contributed by atoms with Crippen molar-refractivity contribution in [3.05, 3.63) is 0 Å². The molecule has 1 saturated carbocycles. The largest absolute Gasteiger partial charge is 0.340 e. The molecule has 0 aromatic heterocycles. The number of nitrogens with one attached hydrogen (secondary N) is 1. The zero-order valence-electron chi connectivity index (χ0n) is 7.02. The number of hydrogen-bond acceptors (Lipinski definition) is 1. The lowest BCUT2D eigenvalue weighted by Crippen LogP contribution is -2.26. The van der Waals surface area contributed by atoms with Gasteiger partial charge in [-0.3, -0.25) is 4.79 Å². The van der Waals surface area contributed by atoms with Gasteiger partial charge in [-0.1, -0.05) is 19.3 Å². The predicted octanol–water partition coefficient (Wildman–Crippen LogP) is 1.46. The van der Waals surface area contributed by atoms with Gasteiger partial charge in [0.05, 0.1) is 0 Å². The van der Waals surface area contributed by atoms with E-state index in [4.69, 9.17) is 0 Å².